The van der Waals surface area contributed by atoms with Gasteiger partial charge in [-0.05, 0) is 42.4 Å². The molecular formula is C18H17ClN4S. The fourth-order valence-corrected chi connectivity index (χ4v) is 2.73. The number of para-hydroxylation sites is 1. The van der Waals surface area contributed by atoms with Crippen LogP contribution in [0, 0.1) is 6.92 Å². The first-order valence-corrected chi connectivity index (χ1v) is 8.30. The third-order valence-electron chi connectivity index (χ3n) is 3.61. The minimum atomic E-state index is 0.471. The molecule has 0 fully saturated rings. The third kappa shape index (κ3) is 4.13. The van der Waals surface area contributed by atoms with E-state index >= 15 is 0 Å². The van der Waals surface area contributed by atoms with E-state index in [9.17, 15) is 0 Å². The highest BCUT2D eigenvalue weighted by molar-refractivity contribution is 7.80. The maximum Gasteiger partial charge on any atom is 0.175 e. The summed E-state index contributed by atoms with van der Waals surface area (Å²) in [5.41, 5.74) is 4.08. The molecule has 2 N–H and O–H groups in total. The van der Waals surface area contributed by atoms with E-state index in [1.165, 1.54) is 11.1 Å². The molecule has 6 heteroatoms. The van der Waals surface area contributed by atoms with Crippen LogP contribution < -0.4 is 10.6 Å². The van der Waals surface area contributed by atoms with E-state index in [0.29, 0.717) is 10.1 Å². The number of nitrogens with one attached hydrogen (secondary N) is 2. The zero-order valence-electron chi connectivity index (χ0n) is 13.2. The number of halogens is 1. The number of anilines is 2. The highest BCUT2D eigenvalue weighted by Crippen LogP contribution is 2.20. The molecule has 3 aromatic rings. The Morgan fingerprint density at radius 3 is 2.67 bits per heavy atom. The second-order valence-electron chi connectivity index (χ2n) is 5.41. The predicted octanol–water partition coefficient (Wildman–Crippen LogP) is 4.70. The molecule has 24 heavy (non-hydrogen) atoms. The average Bonchev–Trinajstić information content (AvgIpc) is 2.99. The maximum absolute atomic E-state index is 6.11. The van der Waals surface area contributed by atoms with Crippen LogP contribution in [-0.2, 0) is 6.54 Å². The van der Waals surface area contributed by atoms with Gasteiger partial charge in [0.25, 0.3) is 0 Å². The molecule has 0 amide bonds. The lowest BCUT2D eigenvalue weighted by molar-refractivity contribution is 0.684. The van der Waals surface area contributed by atoms with E-state index in [1.807, 2.05) is 47.3 Å². The van der Waals surface area contributed by atoms with Crippen molar-refractivity contribution < 1.29 is 0 Å². The fraction of sp³-hybridized carbons (Fsp3) is 0.111. The van der Waals surface area contributed by atoms with Gasteiger partial charge in [-0.2, -0.15) is 5.10 Å². The Balaban J connectivity index is 1.63. The highest BCUT2D eigenvalue weighted by Gasteiger charge is 2.05. The molecule has 0 unspecified atom stereocenters. The summed E-state index contributed by atoms with van der Waals surface area (Å²) in [5, 5.41) is 11.7. The van der Waals surface area contributed by atoms with Gasteiger partial charge in [0.05, 0.1) is 29.1 Å². The molecule has 0 spiro atoms. The number of nitrogens with zero attached hydrogens (tertiary/aromatic N) is 2. The predicted molar refractivity (Wildman–Crippen MR) is 104 cm³/mol. The SMILES string of the molecule is Cc1ccccc1Cn1cc(NC(=S)Nc2ccccc2Cl)cn1. The second-order valence-corrected chi connectivity index (χ2v) is 6.23. The molecule has 4 nitrogen and oxygen atoms in total. The van der Waals surface area contributed by atoms with Crippen molar-refractivity contribution in [2.75, 3.05) is 10.6 Å². The number of hydrogen-bond acceptors (Lipinski definition) is 2. The average molecular weight is 357 g/mol. The summed E-state index contributed by atoms with van der Waals surface area (Å²) in [5.74, 6) is 0. The molecule has 0 radical (unpaired) electrons. The van der Waals surface area contributed by atoms with Gasteiger partial charge in [0.15, 0.2) is 5.11 Å². The Kier molecular flexibility index (Phi) is 5.13. The zero-order valence-corrected chi connectivity index (χ0v) is 14.7. The first-order chi connectivity index (χ1) is 11.6. The Hall–Kier alpha value is -2.37. The van der Waals surface area contributed by atoms with Crippen molar-refractivity contribution in [1.82, 2.24) is 9.78 Å². The Bertz CT molecular complexity index is 859. The van der Waals surface area contributed by atoms with E-state index in [-0.39, 0.29) is 0 Å². The van der Waals surface area contributed by atoms with Crippen LogP contribution in [0.4, 0.5) is 11.4 Å². The lowest BCUT2D eigenvalue weighted by atomic mass is 10.1. The number of aromatic nitrogens is 2. The summed E-state index contributed by atoms with van der Waals surface area (Å²) in [6.07, 6.45) is 3.67. The summed E-state index contributed by atoms with van der Waals surface area (Å²) in [6, 6.07) is 15.7. The Morgan fingerprint density at radius 1 is 1.12 bits per heavy atom. The van der Waals surface area contributed by atoms with Crippen LogP contribution in [0.15, 0.2) is 60.9 Å². The van der Waals surface area contributed by atoms with Crippen molar-refractivity contribution in [1.29, 1.82) is 0 Å². The number of thiocarbonyl (C=S) groups is 1. The first kappa shape index (κ1) is 16.5. The molecular weight excluding hydrogens is 340 g/mol. The molecule has 0 aliphatic rings. The second kappa shape index (κ2) is 7.47. The van der Waals surface area contributed by atoms with Crippen molar-refractivity contribution in [2.45, 2.75) is 13.5 Å². The quantitative estimate of drug-likeness (QED) is 0.665. The van der Waals surface area contributed by atoms with Crippen molar-refractivity contribution in [3.05, 3.63) is 77.1 Å². The van der Waals surface area contributed by atoms with Gasteiger partial charge in [0.2, 0.25) is 0 Å². The number of hydrogen-bond donors (Lipinski definition) is 2. The first-order valence-electron chi connectivity index (χ1n) is 7.51. The molecule has 0 aliphatic carbocycles. The van der Waals surface area contributed by atoms with Crippen molar-refractivity contribution in [3.8, 4) is 0 Å². The molecule has 0 bridgehead atoms. The van der Waals surface area contributed by atoms with Gasteiger partial charge >= 0.3 is 0 Å². The minimum absolute atomic E-state index is 0.471. The van der Waals surface area contributed by atoms with Crippen LogP contribution in [0.5, 0.6) is 0 Å². The highest BCUT2D eigenvalue weighted by atomic mass is 35.5. The zero-order chi connectivity index (χ0) is 16.9. The van der Waals surface area contributed by atoms with Crippen molar-refractivity contribution >= 4 is 40.3 Å². The molecule has 122 valence electrons. The maximum atomic E-state index is 6.11. The minimum Gasteiger partial charge on any atom is -0.331 e. The Labute approximate surface area is 151 Å². The topological polar surface area (TPSA) is 41.9 Å². The van der Waals surface area contributed by atoms with Crippen LogP contribution in [0.2, 0.25) is 5.02 Å². The summed E-state index contributed by atoms with van der Waals surface area (Å²) < 4.78 is 1.88. The molecule has 2 aromatic carbocycles. The molecule has 0 atom stereocenters. The Morgan fingerprint density at radius 2 is 1.88 bits per heavy atom. The standard InChI is InChI=1S/C18H17ClN4S/c1-13-6-2-3-7-14(13)11-23-12-15(10-20-23)21-18(24)22-17-9-5-4-8-16(17)19/h2-10,12H,11H2,1H3,(H2,21,22,24). The van der Waals surface area contributed by atoms with Crippen LogP contribution in [-0.4, -0.2) is 14.9 Å². The normalized spacial score (nSPS) is 10.4. The van der Waals surface area contributed by atoms with Crippen LogP contribution in [0.3, 0.4) is 0 Å². The summed E-state index contributed by atoms with van der Waals surface area (Å²) in [4.78, 5) is 0. The number of rotatable bonds is 4. The van der Waals surface area contributed by atoms with Crippen molar-refractivity contribution in [2.24, 2.45) is 0 Å². The number of aryl methyl sites for hydroxylation is 1. The number of benzene rings is 2. The summed E-state index contributed by atoms with van der Waals surface area (Å²) in [7, 11) is 0. The summed E-state index contributed by atoms with van der Waals surface area (Å²) >= 11 is 11.4. The van der Waals surface area contributed by atoms with Gasteiger partial charge in [-0.3, -0.25) is 4.68 Å². The van der Waals surface area contributed by atoms with E-state index in [4.69, 9.17) is 23.8 Å². The van der Waals surface area contributed by atoms with Crippen LogP contribution >= 0.6 is 23.8 Å². The van der Waals surface area contributed by atoms with Crippen LogP contribution in [0.1, 0.15) is 11.1 Å². The molecule has 1 heterocycles. The van der Waals surface area contributed by atoms with Gasteiger partial charge in [-0.1, -0.05) is 48.0 Å². The van der Waals surface area contributed by atoms with Gasteiger partial charge in [0, 0.05) is 6.20 Å². The van der Waals surface area contributed by atoms with Gasteiger partial charge < -0.3 is 10.6 Å². The molecule has 0 saturated carbocycles. The monoisotopic (exact) mass is 356 g/mol. The van der Waals surface area contributed by atoms with E-state index in [2.05, 4.69) is 34.8 Å². The lowest BCUT2D eigenvalue weighted by Gasteiger charge is -2.10. The fourth-order valence-electron chi connectivity index (χ4n) is 2.32. The van der Waals surface area contributed by atoms with Crippen molar-refractivity contribution in [3.63, 3.8) is 0 Å². The smallest absolute Gasteiger partial charge is 0.175 e. The van der Waals surface area contributed by atoms with E-state index in [0.717, 1.165) is 17.9 Å². The summed E-state index contributed by atoms with van der Waals surface area (Å²) in [6.45, 7) is 2.82. The lowest BCUT2D eigenvalue weighted by Crippen LogP contribution is -2.18. The van der Waals surface area contributed by atoms with Gasteiger partial charge in [0.1, 0.15) is 0 Å². The van der Waals surface area contributed by atoms with E-state index in [1.54, 1.807) is 6.20 Å². The molecule has 0 saturated heterocycles. The van der Waals surface area contributed by atoms with Gasteiger partial charge in [-0.25, -0.2) is 0 Å². The van der Waals surface area contributed by atoms with E-state index < -0.39 is 0 Å². The third-order valence-corrected chi connectivity index (χ3v) is 4.14. The molecule has 3 rings (SSSR count). The molecule has 1 aromatic heterocycles. The van der Waals surface area contributed by atoms with Gasteiger partial charge in [-0.15, -0.1) is 0 Å². The molecule has 0 aliphatic heterocycles. The van der Waals surface area contributed by atoms with Crippen LogP contribution in [0.25, 0.3) is 0 Å². The largest absolute Gasteiger partial charge is 0.331 e.